The van der Waals surface area contributed by atoms with Crippen molar-refractivity contribution >= 4 is 11.8 Å². The molecule has 1 N–H and O–H groups in total. The van der Waals surface area contributed by atoms with Crippen LogP contribution in [-0.4, -0.2) is 23.5 Å². The fraction of sp³-hybridized carbons (Fsp3) is 0.467. The fourth-order valence-corrected chi connectivity index (χ4v) is 2.31. The predicted molar refractivity (Wildman–Crippen MR) is 69.2 cm³/mol. The first-order valence-electron chi connectivity index (χ1n) is 6.50. The van der Waals surface area contributed by atoms with Crippen LogP contribution in [0.1, 0.15) is 31.2 Å². The Morgan fingerprint density at radius 2 is 1.84 bits per heavy atom. The molecule has 1 fully saturated rings. The lowest BCUT2D eigenvalue weighted by molar-refractivity contribution is -0.163. The first-order chi connectivity index (χ1) is 9.16. The Balaban J connectivity index is 1.96. The summed E-state index contributed by atoms with van der Waals surface area (Å²) in [4.78, 5) is 23.4. The standard InChI is InChI=1S/C15H18O4/c16-11-15(8-6-13(17)7-9-15)14(18)19-10-12-4-2-1-3-5-12/h1-5,16H,6-11H2. The normalized spacial score (nSPS) is 18.1. The number of ether oxygens (including phenoxy) is 1. The van der Waals surface area contributed by atoms with Gasteiger partial charge in [-0.15, -0.1) is 0 Å². The van der Waals surface area contributed by atoms with Crippen molar-refractivity contribution in [3.63, 3.8) is 0 Å². The van der Waals surface area contributed by atoms with Crippen LogP contribution >= 0.6 is 0 Å². The fourth-order valence-electron chi connectivity index (χ4n) is 2.31. The van der Waals surface area contributed by atoms with Gasteiger partial charge in [-0.3, -0.25) is 9.59 Å². The van der Waals surface area contributed by atoms with E-state index in [-0.39, 0.29) is 19.0 Å². The second-order valence-electron chi connectivity index (χ2n) is 5.04. The van der Waals surface area contributed by atoms with E-state index >= 15 is 0 Å². The highest BCUT2D eigenvalue weighted by Gasteiger charge is 2.42. The zero-order valence-corrected chi connectivity index (χ0v) is 10.8. The van der Waals surface area contributed by atoms with Crippen LogP contribution in [0, 0.1) is 5.41 Å². The van der Waals surface area contributed by atoms with Gasteiger partial charge in [0.05, 0.1) is 12.0 Å². The number of aliphatic hydroxyl groups excluding tert-OH is 1. The maximum Gasteiger partial charge on any atom is 0.314 e. The lowest BCUT2D eigenvalue weighted by Crippen LogP contribution is -2.40. The Morgan fingerprint density at radius 1 is 1.21 bits per heavy atom. The summed E-state index contributed by atoms with van der Waals surface area (Å²) < 4.78 is 5.29. The monoisotopic (exact) mass is 262 g/mol. The highest BCUT2D eigenvalue weighted by molar-refractivity contribution is 5.84. The molecule has 1 aromatic carbocycles. The molecule has 0 unspecified atom stereocenters. The van der Waals surface area contributed by atoms with Crippen molar-refractivity contribution in [3.8, 4) is 0 Å². The lowest BCUT2D eigenvalue weighted by Gasteiger charge is -2.32. The summed E-state index contributed by atoms with van der Waals surface area (Å²) in [6, 6.07) is 9.41. The minimum atomic E-state index is -0.886. The molecule has 1 aliphatic rings. The van der Waals surface area contributed by atoms with E-state index in [1.165, 1.54) is 0 Å². The molecule has 4 heteroatoms. The number of hydrogen-bond donors (Lipinski definition) is 1. The Bertz CT molecular complexity index is 442. The van der Waals surface area contributed by atoms with Crippen LogP contribution in [0.3, 0.4) is 0 Å². The molecule has 0 aliphatic heterocycles. The number of benzene rings is 1. The van der Waals surface area contributed by atoms with E-state index in [0.717, 1.165) is 5.56 Å². The molecule has 0 bridgehead atoms. The number of aliphatic hydroxyl groups is 1. The van der Waals surface area contributed by atoms with Crippen molar-refractivity contribution in [2.24, 2.45) is 5.41 Å². The smallest absolute Gasteiger partial charge is 0.314 e. The minimum absolute atomic E-state index is 0.153. The highest BCUT2D eigenvalue weighted by Crippen LogP contribution is 2.35. The van der Waals surface area contributed by atoms with Crippen LogP contribution in [0.4, 0.5) is 0 Å². The molecule has 4 nitrogen and oxygen atoms in total. The summed E-state index contributed by atoms with van der Waals surface area (Å²) in [7, 11) is 0. The molecule has 1 aliphatic carbocycles. The van der Waals surface area contributed by atoms with Crippen molar-refractivity contribution in [2.45, 2.75) is 32.3 Å². The van der Waals surface area contributed by atoms with Gasteiger partial charge in [-0.05, 0) is 18.4 Å². The third-order valence-corrected chi connectivity index (χ3v) is 3.71. The van der Waals surface area contributed by atoms with Crippen LogP contribution < -0.4 is 0 Å². The van der Waals surface area contributed by atoms with Gasteiger partial charge < -0.3 is 9.84 Å². The summed E-state index contributed by atoms with van der Waals surface area (Å²) in [5, 5.41) is 9.48. The first-order valence-corrected chi connectivity index (χ1v) is 6.50. The van der Waals surface area contributed by atoms with Crippen molar-refractivity contribution in [1.29, 1.82) is 0 Å². The van der Waals surface area contributed by atoms with Gasteiger partial charge in [-0.2, -0.15) is 0 Å². The van der Waals surface area contributed by atoms with E-state index < -0.39 is 11.4 Å². The molecule has 0 amide bonds. The maximum absolute atomic E-state index is 12.1. The van der Waals surface area contributed by atoms with Crippen LogP contribution in [-0.2, 0) is 20.9 Å². The molecule has 2 rings (SSSR count). The summed E-state index contributed by atoms with van der Waals surface area (Å²) >= 11 is 0. The summed E-state index contributed by atoms with van der Waals surface area (Å²) in [6.07, 6.45) is 1.47. The SMILES string of the molecule is O=C1CCC(CO)(C(=O)OCc2ccccc2)CC1. The van der Waals surface area contributed by atoms with E-state index in [2.05, 4.69) is 0 Å². The quantitative estimate of drug-likeness (QED) is 0.841. The number of carbonyl (C=O) groups is 2. The second kappa shape index (κ2) is 5.97. The lowest BCUT2D eigenvalue weighted by atomic mass is 9.74. The average Bonchev–Trinajstić information content (AvgIpc) is 2.47. The Kier molecular flexibility index (Phi) is 4.32. The van der Waals surface area contributed by atoms with Gasteiger partial charge >= 0.3 is 5.97 Å². The number of hydrogen-bond acceptors (Lipinski definition) is 4. The van der Waals surface area contributed by atoms with E-state index in [0.29, 0.717) is 25.7 Å². The third-order valence-electron chi connectivity index (χ3n) is 3.71. The molecule has 19 heavy (non-hydrogen) atoms. The van der Waals surface area contributed by atoms with Gasteiger partial charge in [-0.25, -0.2) is 0 Å². The summed E-state index contributed by atoms with van der Waals surface area (Å²) in [5.74, 6) is -0.244. The van der Waals surface area contributed by atoms with Gasteiger partial charge in [-0.1, -0.05) is 30.3 Å². The molecule has 0 radical (unpaired) electrons. The van der Waals surface area contributed by atoms with Crippen molar-refractivity contribution in [3.05, 3.63) is 35.9 Å². The zero-order chi connectivity index (χ0) is 13.7. The molecule has 0 spiro atoms. The molecule has 0 saturated heterocycles. The molecular weight excluding hydrogens is 244 g/mol. The van der Waals surface area contributed by atoms with Crippen LogP contribution in [0.5, 0.6) is 0 Å². The van der Waals surface area contributed by atoms with Crippen molar-refractivity contribution in [2.75, 3.05) is 6.61 Å². The van der Waals surface area contributed by atoms with E-state index in [4.69, 9.17) is 4.74 Å². The summed E-state index contributed by atoms with van der Waals surface area (Å²) in [6.45, 7) is -0.0523. The van der Waals surface area contributed by atoms with Crippen molar-refractivity contribution in [1.82, 2.24) is 0 Å². The second-order valence-corrected chi connectivity index (χ2v) is 5.04. The number of ketones is 1. The Morgan fingerprint density at radius 3 is 2.42 bits per heavy atom. The van der Waals surface area contributed by atoms with E-state index in [9.17, 15) is 14.7 Å². The largest absolute Gasteiger partial charge is 0.460 e. The van der Waals surface area contributed by atoms with Gasteiger partial charge in [0.1, 0.15) is 12.4 Å². The molecular formula is C15H18O4. The minimum Gasteiger partial charge on any atom is -0.460 e. The van der Waals surface area contributed by atoms with Crippen LogP contribution in [0.2, 0.25) is 0 Å². The van der Waals surface area contributed by atoms with E-state index in [1.54, 1.807) is 0 Å². The number of rotatable bonds is 4. The summed E-state index contributed by atoms with van der Waals surface area (Å²) in [5.41, 5.74) is 0.0266. The first kappa shape index (κ1) is 13.7. The van der Waals surface area contributed by atoms with Gasteiger partial charge in [0.2, 0.25) is 0 Å². The zero-order valence-electron chi connectivity index (χ0n) is 10.8. The van der Waals surface area contributed by atoms with E-state index in [1.807, 2.05) is 30.3 Å². The Hall–Kier alpha value is -1.68. The highest BCUT2D eigenvalue weighted by atomic mass is 16.5. The molecule has 0 aromatic heterocycles. The molecule has 1 saturated carbocycles. The van der Waals surface area contributed by atoms with Crippen molar-refractivity contribution < 1.29 is 19.4 Å². The van der Waals surface area contributed by atoms with Gasteiger partial charge in [0, 0.05) is 12.8 Å². The predicted octanol–water partition coefficient (Wildman–Crippen LogP) is 1.85. The van der Waals surface area contributed by atoms with Gasteiger partial charge in [0.25, 0.3) is 0 Å². The molecule has 0 heterocycles. The van der Waals surface area contributed by atoms with Crippen LogP contribution in [0.25, 0.3) is 0 Å². The molecule has 0 atom stereocenters. The Labute approximate surface area is 112 Å². The topological polar surface area (TPSA) is 63.6 Å². The number of Topliss-reactive ketones (excluding diaryl/α,β-unsaturated/α-hetero) is 1. The van der Waals surface area contributed by atoms with Gasteiger partial charge in [0.15, 0.2) is 0 Å². The molecule has 1 aromatic rings. The number of carbonyl (C=O) groups excluding carboxylic acids is 2. The number of esters is 1. The maximum atomic E-state index is 12.1. The molecule has 102 valence electrons. The third kappa shape index (κ3) is 3.20. The average molecular weight is 262 g/mol. The van der Waals surface area contributed by atoms with Crippen LogP contribution in [0.15, 0.2) is 30.3 Å².